The number of nitrogens with two attached hydrogens (primary N) is 1. The second-order valence-corrected chi connectivity index (χ2v) is 6.49. The summed E-state index contributed by atoms with van der Waals surface area (Å²) in [6.07, 6.45) is 4.04. The third kappa shape index (κ3) is 2.05. The fraction of sp³-hybridized carbons (Fsp3) is 1.00. The number of hydrogen-bond acceptors (Lipinski definition) is 3. The summed E-state index contributed by atoms with van der Waals surface area (Å²) in [6, 6.07) is 0.847. The number of fused-ring (bicyclic) bond motifs is 2. The van der Waals surface area contributed by atoms with Gasteiger partial charge in [-0.25, -0.2) is 0 Å². The minimum Gasteiger partial charge on any atom is -0.388 e. The molecule has 0 saturated carbocycles. The van der Waals surface area contributed by atoms with Crippen LogP contribution in [0.3, 0.4) is 0 Å². The highest BCUT2D eigenvalue weighted by Crippen LogP contribution is 2.39. The average Bonchev–Trinajstić information content (AvgIpc) is 2.43. The van der Waals surface area contributed by atoms with E-state index in [4.69, 9.17) is 5.73 Å². The van der Waals surface area contributed by atoms with Crippen molar-refractivity contribution in [1.29, 1.82) is 0 Å². The predicted octanol–water partition coefficient (Wildman–Crippen LogP) is 1.01. The lowest BCUT2D eigenvalue weighted by molar-refractivity contribution is -0.0566. The quantitative estimate of drug-likeness (QED) is 0.608. The normalized spacial score (nSPS) is 43.0. The van der Waals surface area contributed by atoms with Crippen LogP contribution in [0.15, 0.2) is 0 Å². The van der Waals surface area contributed by atoms with E-state index in [0.29, 0.717) is 12.1 Å². The lowest BCUT2D eigenvalue weighted by Gasteiger charge is -2.46. The van der Waals surface area contributed by atoms with Gasteiger partial charge in [0, 0.05) is 18.1 Å². The van der Waals surface area contributed by atoms with Gasteiger partial charge in [0.2, 0.25) is 0 Å². The molecule has 3 nitrogen and oxygen atoms in total. The molecule has 0 amide bonds. The first-order chi connectivity index (χ1) is 6.81. The summed E-state index contributed by atoms with van der Waals surface area (Å²) >= 11 is 0. The van der Waals surface area contributed by atoms with Crippen molar-refractivity contribution in [1.82, 2.24) is 5.32 Å². The minimum atomic E-state index is -0.657. The van der Waals surface area contributed by atoms with Crippen LogP contribution in [0.4, 0.5) is 0 Å². The molecule has 3 unspecified atom stereocenters. The molecule has 0 aromatic heterocycles. The molecule has 3 heteroatoms. The van der Waals surface area contributed by atoms with E-state index in [0.717, 1.165) is 12.8 Å². The average molecular weight is 212 g/mol. The van der Waals surface area contributed by atoms with E-state index < -0.39 is 5.60 Å². The van der Waals surface area contributed by atoms with Gasteiger partial charge in [0.25, 0.3) is 0 Å². The lowest BCUT2D eigenvalue weighted by atomic mass is 9.71. The van der Waals surface area contributed by atoms with Gasteiger partial charge >= 0.3 is 0 Å². The first-order valence-corrected chi connectivity index (χ1v) is 6.05. The van der Waals surface area contributed by atoms with Gasteiger partial charge in [0.05, 0.1) is 5.60 Å². The van der Waals surface area contributed by atoms with Gasteiger partial charge in [-0.15, -0.1) is 0 Å². The van der Waals surface area contributed by atoms with Crippen molar-refractivity contribution in [3.8, 4) is 0 Å². The standard InChI is InChI=1S/C12H24N2O/c1-11(2,3)10(13)12(15)6-8-4-5-9(7-12)14-8/h8-10,14-15H,4-7,13H2,1-3H3. The Morgan fingerprint density at radius 1 is 1.27 bits per heavy atom. The van der Waals surface area contributed by atoms with Crippen LogP contribution in [0, 0.1) is 5.41 Å². The fourth-order valence-corrected chi connectivity index (χ4v) is 3.22. The molecule has 0 aromatic rings. The Bertz CT molecular complexity index is 234. The van der Waals surface area contributed by atoms with E-state index in [9.17, 15) is 5.11 Å². The first-order valence-electron chi connectivity index (χ1n) is 6.05. The molecular weight excluding hydrogens is 188 g/mol. The molecule has 2 aliphatic rings. The molecule has 0 radical (unpaired) electrons. The minimum absolute atomic E-state index is 0.0223. The van der Waals surface area contributed by atoms with Gasteiger partial charge in [0.15, 0.2) is 0 Å². The van der Waals surface area contributed by atoms with Gasteiger partial charge in [-0.3, -0.25) is 0 Å². The Kier molecular flexibility index (Phi) is 2.61. The SMILES string of the molecule is CC(C)(C)C(N)C1(O)CC2CCC(C1)N2. The van der Waals surface area contributed by atoms with Crippen LogP contribution in [-0.2, 0) is 0 Å². The summed E-state index contributed by atoms with van der Waals surface area (Å²) in [7, 11) is 0. The topological polar surface area (TPSA) is 58.3 Å². The number of hydrogen-bond donors (Lipinski definition) is 3. The van der Waals surface area contributed by atoms with Gasteiger partial charge < -0.3 is 16.2 Å². The summed E-state index contributed by atoms with van der Waals surface area (Å²) in [5, 5.41) is 14.2. The maximum atomic E-state index is 10.7. The molecule has 0 spiro atoms. The van der Waals surface area contributed by atoms with Crippen molar-refractivity contribution in [2.45, 2.75) is 70.2 Å². The molecule has 3 atom stereocenters. The predicted molar refractivity (Wildman–Crippen MR) is 61.6 cm³/mol. The second-order valence-electron chi connectivity index (χ2n) is 6.49. The van der Waals surface area contributed by atoms with Gasteiger partial charge in [-0.1, -0.05) is 20.8 Å². The molecule has 2 rings (SSSR count). The Morgan fingerprint density at radius 2 is 1.73 bits per heavy atom. The summed E-state index contributed by atoms with van der Waals surface area (Å²) in [4.78, 5) is 0. The van der Waals surface area contributed by atoms with E-state index in [1.807, 2.05) is 0 Å². The van der Waals surface area contributed by atoms with Crippen LogP contribution >= 0.6 is 0 Å². The molecule has 2 saturated heterocycles. The highest BCUT2D eigenvalue weighted by molar-refractivity contribution is 5.06. The Morgan fingerprint density at radius 3 is 2.13 bits per heavy atom. The van der Waals surface area contributed by atoms with Crippen LogP contribution < -0.4 is 11.1 Å². The Balaban J connectivity index is 2.13. The van der Waals surface area contributed by atoms with Crippen molar-refractivity contribution in [3.63, 3.8) is 0 Å². The van der Waals surface area contributed by atoms with Crippen molar-refractivity contribution in [2.24, 2.45) is 11.1 Å². The maximum Gasteiger partial charge on any atom is 0.0832 e. The summed E-state index contributed by atoms with van der Waals surface area (Å²) in [5.74, 6) is 0. The molecule has 0 aliphatic carbocycles. The van der Waals surface area contributed by atoms with Crippen LogP contribution in [0.2, 0.25) is 0 Å². The van der Waals surface area contributed by atoms with Crippen molar-refractivity contribution < 1.29 is 5.11 Å². The lowest BCUT2D eigenvalue weighted by Crippen LogP contribution is -2.61. The number of piperidine rings is 1. The third-order valence-corrected chi connectivity index (χ3v) is 4.05. The van der Waals surface area contributed by atoms with E-state index in [-0.39, 0.29) is 11.5 Å². The van der Waals surface area contributed by atoms with E-state index in [1.54, 1.807) is 0 Å². The number of aliphatic hydroxyl groups is 1. The first kappa shape index (κ1) is 11.4. The van der Waals surface area contributed by atoms with Crippen LogP contribution in [-0.4, -0.2) is 28.8 Å². The van der Waals surface area contributed by atoms with E-state index >= 15 is 0 Å². The summed E-state index contributed by atoms with van der Waals surface area (Å²) < 4.78 is 0. The van der Waals surface area contributed by atoms with Crippen molar-refractivity contribution in [2.75, 3.05) is 0 Å². The van der Waals surface area contributed by atoms with E-state index in [1.165, 1.54) is 12.8 Å². The van der Waals surface area contributed by atoms with Gasteiger partial charge in [-0.05, 0) is 31.1 Å². The molecule has 0 aromatic carbocycles. The summed E-state index contributed by atoms with van der Waals surface area (Å²) in [5.41, 5.74) is 5.55. The molecule has 2 aliphatic heterocycles. The third-order valence-electron chi connectivity index (χ3n) is 4.05. The van der Waals surface area contributed by atoms with Gasteiger partial charge in [-0.2, -0.15) is 0 Å². The number of nitrogens with one attached hydrogen (secondary N) is 1. The van der Waals surface area contributed by atoms with Crippen LogP contribution in [0.1, 0.15) is 46.5 Å². The van der Waals surface area contributed by atoms with E-state index in [2.05, 4.69) is 26.1 Å². The Hall–Kier alpha value is -0.120. The molecule has 2 fully saturated rings. The van der Waals surface area contributed by atoms with Gasteiger partial charge in [0.1, 0.15) is 0 Å². The van der Waals surface area contributed by atoms with Crippen LogP contribution in [0.5, 0.6) is 0 Å². The Labute approximate surface area is 92.4 Å². The number of rotatable bonds is 1. The zero-order chi connectivity index (χ0) is 11.3. The second kappa shape index (κ2) is 3.44. The maximum absolute atomic E-state index is 10.7. The van der Waals surface area contributed by atoms with Crippen molar-refractivity contribution in [3.05, 3.63) is 0 Å². The van der Waals surface area contributed by atoms with Crippen LogP contribution in [0.25, 0.3) is 0 Å². The highest BCUT2D eigenvalue weighted by Gasteiger charge is 2.48. The zero-order valence-corrected chi connectivity index (χ0v) is 10.1. The molecule has 88 valence electrons. The molecule has 2 heterocycles. The smallest absolute Gasteiger partial charge is 0.0832 e. The molecular formula is C12H24N2O. The zero-order valence-electron chi connectivity index (χ0n) is 10.1. The largest absolute Gasteiger partial charge is 0.388 e. The van der Waals surface area contributed by atoms with Crippen molar-refractivity contribution >= 4 is 0 Å². The molecule has 4 N–H and O–H groups in total. The molecule has 2 bridgehead atoms. The monoisotopic (exact) mass is 212 g/mol. The fourth-order valence-electron chi connectivity index (χ4n) is 3.22. The molecule has 15 heavy (non-hydrogen) atoms. The highest BCUT2D eigenvalue weighted by atomic mass is 16.3. The summed E-state index contributed by atoms with van der Waals surface area (Å²) in [6.45, 7) is 6.33.